The number of hydrogen-bond acceptors (Lipinski definition) is 5. The SMILES string of the molecule is CC.O=C(O)CCCCCCCCc1ccc2c(n1)NCCC2.c1cncnc1. The van der Waals surface area contributed by atoms with Crippen LogP contribution in [0.15, 0.2) is 36.9 Å². The topological polar surface area (TPSA) is 88.0 Å². The predicted molar refractivity (Wildman–Crippen MR) is 118 cm³/mol. The Balaban J connectivity index is 0.000000442. The van der Waals surface area contributed by atoms with Gasteiger partial charge >= 0.3 is 5.97 Å². The number of aromatic nitrogens is 3. The normalized spacial score (nSPS) is 11.7. The van der Waals surface area contributed by atoms with Crippen LogP contribution in [0.3, 0.4) is 0 Å². The zero-order chi connectivity index (χ0) is 21.2. The second-order valence-electron chi connectivity index (χ2n) is 6.76. The summed E-state index contributed by atoms with van der Waals surface area (Å²) < 4.78 is 0. The van der Waals surface area contributed by atoms with Crippen molar-refractivity contribution in [3.8, 4) is 0 Å². The Morgan fingerprint density at radius 3 is 2.34 bits per heavy atom. The molecule has 0 unspecified atom stereocenters. The molecule has 0 atom stereocenters. The number of unbranched alkanes of at least 4 members (excludes halogenated alkanes) is 5. The molecule has 0 amide bonds. The van der Waals surface area contributed by atoms with E-state index in [0.29, 0.717) is 6.42 Å². The molecule has 0 bridgehead atoms. The monoisotopic (exact) mass is 400 g/mol. The third-order valence-electron chi connectivity index (χ3n) is 4.50. The van der Waals surface area contributed by atoms with Crippen LogP contribution in [0.2, 0.25) is 0 Å². The first-order valence-corrected chi connectivity index (χ1v) is 10.9. The molecular weight excluding hydrogens is 364 g/mol. The van der Waals surface area contributed by atoms with E-state index >= 15 is 0 Å². The number of carboxylic acids is 1. The fraction of sp³-hybridized carbons (Fsp3) is 0.565. The van der Waals surface area contributed by atoms with E-state index in [4.69, 9.17) is 10.1 Å². The minimum Gasteiger partial charge on any atom is -0.481 e. The molecule has 0 spiro atoms. The molecule has 1 aliphatic rings. The van der Waals surface area contributed by atoms with Gasteiger partial charge in [-0.15, -0.1) is 0 Å². The van der Waals surface area contributed by atoms with Gasteiger partial charge in [0.25, 0.3) is 0 Å². The van der Waals surface area contributed by atoms with Gasteiger partial charge in [-0.2, -0.15) is 0 Å². The fourth-order valence-corrected chi connectivity index (χ4v) is 3.05. The first-order valence-electron chi connectivity index (χ1n) is 10.9. The van der Waals surface area contributed by atoms with Crippen LogP contribution in [0, 0.1) is 0 Å². The van der Waals surface area contributed by atoms with E-state index < -0.39 is 5.97 Å². The average molecular weight is 401 g/mol. The summed E-state index contributed by atoms with van der Waals surface area (Å²) in [4.78, 5) is 22.4. The van der Waals surface area contributed by atoms with Gasteiger partial charge in [-0.25, -0.2) is 15.0 Å². The van der Waals surface area contributed by atoms with Crippen molar-refractivity contribution < 1.29 is 9.90 Å². The molecule has 0 saturated heterocycles. The highest BCUT2D eigenvalue weighted by molar-refractivity contribution is 5.66. The Morgan fingerprint density at radius 1 is 1.03 bits per heavy atom. The van der Waals surface area contributed by atoms with Crippen LogP contribution in [-0.4, -0.2) is 32.6 Å². The van der Waals surface area contributed by atoms with Crippen molar-refractivity contribution in [3.05, 3.63) is 48.2 Å². The molecule has 0 fully saturated rings. The third kappa shape index (κ3) is 11.8. The van der Waals surface area contributed by atoms with Gasteiger partial charge in [-0.05, 0) is 49.8 Å². The van der Waals surface area contributed by atoms with Crippen molar-refractivity contribution in [1.29, 1.82) is 0 Å². The number of nitrogens with one attached hydrogen (secondary N) is 1. The van der Waals surface area contributed by atoms with Gasteiger partial charge in [0.2, 0.25) is 0 Å². The van der Waals surface area contributed by atoms with Crippen LogP contribution in [-0.2, 0) is 17.6 Å². The minimum absolute atomic E-state index is 0.312. The summed E-state index contributed by atoms with van der Waals surface area (Å²) in [5.41, 5.74) is 2.54. The Hall–Kier alpha value is -2.50. The van der Waals surface area contributed by atoms with E-state index in [-0.39, 0.29) is 0 Å². The van der Waals surface area contributed by atoms with E-state index in [2.05, 4.69) is 27.4 Å². The molecule has 2 N–H and O–H groups in total. The summed E-state index contributed by atoms with van der Waals surface area (Å²) in [6, 6.07) is 6.16. The molecule has 0 saturated carbocycles. The lowest BCUT2D eigenvalue weighted by molar-refractivity contribution is -0.137. The smallest absolute Gasteiger partial charge is 0.303 e. The number of pyridine rings is 1. The highest BCUT2D eigenvalue weighted by Crippen LogP contribution is 2.20. The van der Waals surface area contributed by atoms with Crippen LogP contribution in [0.1, 0.15) is 76.5 Å². The summed E-state index contributed by atoms with van der Waals surface area (Å²) in [5, 5.41) is 11.9. The van der Waals surface area contributed by atoms with Gasteiger partial charge in [-0.3, -0.25) is 4.79 Å². The van der Waals surface area contributed by atoms with Crippen molar-refractivity contribution >= 4 is 11.8 Å². The van der Waals surface area contributed by atoms with Gasteiger partial charge < -0.3 is 10.4 Å². The molecule has 2 aromatic heterocycles. The lowest BCUT2D eigenvalue weighted by atomic mass is 10.0. The van der Waals surface area contributed by atoms with Crippen LogP contribution in [0.4, 0.5) is 5.82 Å². The molecule has 3 rings (SSSR count). The Kier molecular flexibility index (Phi) is 13.9. The second-order valence-corrected chi connectivity index (χ2v) is 6.76. The van der Waals surface area contributed by atoms with Gasteiger partial charge in [0.15, 0.2) is 0 Å². The largest absolute Gasteiger partial charge is 0.481 e. The number of hydrogen-bond donors (Lipinski definition) is 2. The number of fused-ring (bicyclic) bond motifs is 1. The molecule has 0 radical (unpaired) electrons. The molecule has 0 aromatic carbocycles. The maximum atomic E-state index is 10.4. The van der Waals surface area contributed by atoms with E-state index in [0.717, 1.165) is 44.5 Å². The molecule has 0 aliphatic carbocycles. The van der Waals surface area contributed by atoms with Crippen molar-refractivity contribution in [2.24, 2.45) is 0 Å². The molecular formula is C23H36N4O2. The molecule has 6 heteroatoms. The van der Waals surface area contributed by atoms with Crippen LogP contribution < -0.4 is 5.32 Å². The number of carbonyl (C=O) groups is 1. The first kappa shape index (κ1) is 24.5. The van der Waals surface area contributed by atoms with Gasteiger partial charge in [0, 0.05) is 31.1 Å². The third-order valence-corrected chi connectivity index (χ3v) is 4.50. The summed E-state index contributed by atoms with van der Waals surface area (Å²) in [6.45, 7) is 5.04. The quantitative estimate of drug-likeness (QED) is 0.555. The number of anilines is 1. The standard InChI is InChI=1S/C17H26N2O2.C4H4N2.C2H6/c20-16(21)10-6-4-2-1-3-5-9-15-12-11-14-8-7-13-18-17(14)19-15;1-2-5-4-6-3-1;1-2/h11-12H,1-10,13H2,(H,18,19)(H,20,21);1-4H;1-2H3. The van der Waals surface area contributed by atoms with Gasteiger partial charge in [0.1, 0.15) is 12.1 Å². The summed E-state index contributed by atoms with van der Waals surface area (Å²) in [5.74, 6) is 0.412. The summed E-state index contributed by atoms with van der Waals surface area (Å²) in [6.07, 6.45) is 15.2. The summed E-state index contributed by atoms with van der Waals surface area (Å²) >= 11 is 0. The predicted octanol–water partition coefficient (Wildman–Crippen LogP) is 5.30. The molecule has 1 aliphatic heterocycles. The Labute approximate surface area is 175 Å². The van der Waals surface area contributed by atoms with Crippen molar-refractivity contribution in [1.82, 2.24) is 15.0 Å². The zero-order valence-electron chi connectivity index (χ0n) is 17.9. The van der Waals surface area contributed by atoms with E-state index in [1.54, 1.807) is 18.5 Å². The molecule has 3 heterocycles. The number of nitrogens with zero attached hydrogens (tertiary/aromatic N) is 3. The maximum Gasteiger partial charge on any atom is 0.303 e. The van der Waals surface area contributed by atoms with E-state index in [1.807, 2.05) is 13.8 Å². The second kappa shape index (κ2) is 16.5. The average Bonchev–Trinajstić information content (AvgIpc) is 2.78. The van der Waals surface area contributed by atoms with Crippen molar-refractivity contribution in [2.45, 2.75) is 78.1 Å². The number of carboxylic acid groups (broad SMARTS) is 1. The van der Waals surface area contributed by atoms with Crippen LogP contribution in [0.5, 0.6) is 0 Å². The lowest BCUT2D eigenvalue weighted by Gasteiger charge is -2.17. The minimum atomic E-state index is -0.679. The lowest BCUT2D eigenvalue weighted by Crippen LogP contribution is -2.13. The van der Waals surface area contributed by atoms with Gasteiger partial charge in [0.05, 0.1) is 0 Å². The molecule has 160 valence electrons. The molecule has 2 aromatic rings. The van der Waals surface area contributed by atoms with Crippen LogP contribution >= 0.6 is 0 Å². The number of rotatable bonds is 9. The highest BCUT2D eigenvalue weighted by Gasteiger charge is 2.09. The van der Waals surface area contributed by atoms with E-state index in [1.165, 1.54) is 43.3 Å². The molecule has 6 nitrogen and oxygen atoms in total. The van der Waals surface area contributed by atoms with E-state index in [9.17, 15) is 4.79 Å². The van der Waals surface area contributed by atoms with Crippen molar-refractivity contribution in [2.75, 3.05) is 11.9 Å². The first-order chi connectivity index (χ1) is 14.3. The zero-order valence-corrected chi connectivity index (χ0v) is 17.9. The van der Waals surface area contributed by atoms with Gasteiger partial charge in [-0.1, -0.05) is 45.6 Å². The highest BCUT2D eigenvalue weighted by atomic mass is 16.4. The van der Waals surface area contributed by atoms with Crippen molar-refractivity contribution in [3.63, 3.8) is 0 Å². The Morgan fingerprint density at radius 2 is 1.72 bits per heavy atom. The molecule has 29 heavy (non-hydrogen) atoms. The van der Waals surface area contributed by atoms with Crippen LogP contribution in [0.25, 0.3) is 0 Å². The number of aliphatic carboxylic acids is 1. The maximum absolute atomic E-state index is 10.4. The summed E-state index contributed by atoms with van der Waals surface area (Å²) in [7, 11) is 0. The fourth-order valence-electron chi connectivity index (χ4n) is 3.05. The number of aryl methyl sites for hydroxylation is 2. The Bertz CT molecular complexity index is 638.